The largest absolute Gasteiger partial charge is 0.492 e. The second kappa shape index (κ2) is 6.71. The van der Waals surface area contributed by atoms with Crippen LogP contribution in [-0.2, 0) is 5.88 Å². The van der Waals surface area contributed by atoms with E-state index in [2.05, 4.69) is 22.0 Å². The molecule has 0 aliphatic heterocycles. The SMILES string of the molecule is N#CCCCOc1c(Br)cccc1CCl. The van der Waals surface area contributed by atoms with E-state index in [1.165, 1.54) is 0 Å². The van der Waals surface area contributed by atoms with E-state index in [0.717, 1.165) is 22.2 Å². The summed E-state index contributed by atoms with van der Waals surface area (Å²) in [5.74, 6) is 1.21. The van der Waals surface area contributed by atoms with E-state index < -0.39 is 0 Å². The second-order valence-corrected chi connectivity index (χ2v) is 4.09. The molecule has 0 amide bonds. The van der Waals surface area contributed by atoms with Crippen molar-refractivity contribution in [2.24, 2.45) is 0 Å². The average Bonchev–Trinajstić information content (AvgIpc) is 2.26. The van der Waals surface area contributed by atoms with Gasteiger partial charge in [-0.1, -0.05) is 12.1 Å². The van der Waals surface area contributed by atoms with Gasteiger partial charge in [0.05, 0.1) is 23.0 Å². The highest BCUT2D eigenvalue weighted by molar-refractivity contribution is 9.10. The lowest BCUT2D eigenvalue weighted by Crippen LogP contribution is -2.00. The number of para-hydroxylation sites is 1. The van der Waals surface area contributed by atoms with Gasteiger partial charge in [0.1, 0.15) is 5.75 Å². The van der Waals surface area contributed by atoms with Crippen LogP contribution in [0.25, 0.3) is 0 Å². The molecule has 1 rings (SSSR count). The number of benzene rings is 1. The van der Waals surface area contributed by atoms with Crippen molar-refractivity contribution in [3.63, 3.8) is 0 Å². The zero-order valence-corrected chi connectivity index (χ0v) is 10.5. The maximum absolute atomic E-state index is 8.38. The summed E-state index contributed by atoms with van der Waals surface area (Å²) in [6.07, 6.45) is 1.25. The molecule has 0 unspecified atom stereocenters. The van der Waals surface area contributed by atoms with Crippen LogP contribution in [0.4, 0.5) is 0 Å². The van der Waals surface area contributed by atoms with E-state index in [-0.39, 0.29) is 0 Å². The van der Waals surface area contributed by atoms with Crippen molar-refractivity contribution >= 4 is 27.5 Å². The zero-order valence-electron chi connectivity index (χ0n) is 8.17. The Morgan fingerprint density at radius 2 is 2.27 bits per heavy atom. The predicted octanol–water partition coefficient (Wildman–Crippen LogP) is 3.87. The van der Waals surface area contributed by atoms with Gasteiger partial charge in [-0.25, -0.2) is 0 Å². The molecule has 0 spiro atoms. The smallest absolute Gasteiger partial charge is 0.137 e. The van der Waals surface area contributed by atoms with Crippen molar-refractivity contribution in [2.45, 2.75) is 18.7 Å². The molecule has 4 heteroatoms. The van der Waals surface area contributed by atoms with Gasteiger partial charge in [-0.2, -0.15) is 5.26 Å². The van der Waals surface area contributed by atoms with Gasteiger partial charge in [-0.05, 0) is 28.4 Å². The molecule has 15 heavy (non-hydrogen) atoms. The van der Waals surface area contributed by atoms with Gasteiger partial charge >= 0.3 is 0 Å². The normalized spacial score (nSPS) is 9.67. The number of nitrogens with zero attached hydrogens (tertiary/aromatic N) is 1. The van der Waals surface area contributed by atoms with Crippen LogP contribution in [0.3, 0.4) is 0 Å². The Hall–Kier alpha value is -0.720. The van der Waals surface area contributed by atoms with Crippen LogP contribution < -0.4 is 4.74 Å². The lowest BCUT2D eigenvalue weighted by atomic mass is 10.2. The molecule has 0 fully saturated rings. The van der Waals surface area contributed by atoms with Crippen molar-refractivity contribution in [2.75, 3.05) is 6.61 Å². The van der Waals surface area contributed by atoms with E-state index in [1.54, 1.807) is 0 Å². The zero-order chi connectivity index (χ0) is 11.1. The summed E-state index contributed by atoms with van der Waals surface area (Å²) < 4.78 is 6.48. The van der Waals surface area contributed by atoms with Gasteiger partial charge in [0.15, 0.2) is 0 Å². The Balaban J connectivity index is 2.63. The fourth-order valence-corrected chi connectivity index (χ4v) is 1.88. The molecule has 2 nitrogen and oxygen atoms in total. The van der Waals surface area contributed by atoms with Crippen molar-refractivity contribution in [1.29, 1.82) is 5.26 Å². The summed E-state index contributed by atoms with van der Waals surface area (Å²) in [5, 5.41) is 8.38. The topological polar surface area (TPSA) is 33.0 Å². The average molecular weight is 289 g/mol. The predicted molar refractivity (Wildman–Crippen MR) is 64.0 cm³/mol. The summed E-state index contributed by atoms with van der Waals surface area (Å²) in [4.78, 5) is 0. The van der Waals surface area contributed by atoms with Crippen LogP contribution in [0.5, 0.6) is 5.75 Å². The van der Waals surface area contributed by atoms with Gasteiger partial charge in [0.2, 0.25) is 0 Å². The lowest BCUT2D eigenvalue weighted by molar-refractivity contribution is 0.308. The number of nitriles is 1. The van der Waals surface area contributed by atoms with E-state index in [4.69, 9.17) is 21.6 Å². The highest BCUT2D eigenvalue weighted by Crippen LogP contribution is 2.30. The van der Waals surface area contributed by atoms with Crippen LogP contribution in [0.15, 0.2) is 22.7 Å². The molecule has 0 radical (unpaired) electrons. The standard InChI is InChI=1S/C11H11BrClNO/c12-10-5-3-4-9(8-13)11(10)15-7-2-1-6-14/h3-5H,1-2,7-8H2. The van der Waals surface area contributed by atoms with Gasteiger partial charge in [-0.15, -0.1) is 11.6 Å². The summed E-state index contributed by atoms with van der Waals surface area (Å²) in [6.45, 7) is 0.542. The molecule has 0 heterocycles. The Morgan fingerprint density at radius 3 is 2.93 bits per heavy atom. The number of unbranched alkanes of at least 4 members (excludes halogenated alkanes) is 1. The van der Waals surface area contributed by atoms with E-state index >= 15 is 0 Å². The van der Waals surface area contributed by atoms with E-state index in [9.17, 15) is 0 Å². The Kier molecular flexibility index (Phi) is 5.52. The fourth-order valence-electron chi connectivity index (χ4n) is 1.15. The van der Waals surface area contributed by atoms with Gasteiger partial charge in [0, 0.05) is 12.0 Å². The molecule has 0 aliphatic carbocycles. The number of rotatable bonds is 5. The maximum atomic E-state index is 8.38. The number of hydrogen-bond donors (Lipinski definition) is 0. The Bertz CT molecular complexity index is 362. The van der Waals surface area contributed by atoms with Gasteiger partial charge in [-0.3, -0.25) is 0 Å². The molecule has 0 bridgehead atoms. The maximum Gasteiger partial charge on any atom is 0.137 e. The number of alkyl halides is 1. The number of halogens is 2. The first-order valence-corrected chi connectivity index (χ1v) is 5.95. The summed E-state index contributed by atoms with van der Waals surface area (Å²) in [5.41, 5.74) is 0.961. The monoisotopic (exact) mass is 287 g/mol. The molecule has 0 aliphatic rings. The van der Waals surface area contributed by atoms with Crippen molar-refractivity contribution in [3.05, 3.63) is 28.2 Å². The van der Waals surface area contributed by atoms with Crippen LogP contribution >= 0.6 is 27.5 Å². The van der Waals surface area contributed by atoms with Crippen molar-refractivity contribution in [3.8, 4) is 11.8 Å². The molecule has 1 aromatic rings. The first-order chi connectivity index (χ1) is 7.29. The third-order valence-corrected chi connectivity index (χ3v) is 2.78. The summed E-state index contributed by atoms with van der Waals surface area (Å²) in [7, 11) is 0. The molecule has 0 saturated carbocycles. The van der Waals surface area contributed by atoms with Crippen LogP contribution in [0, 0.1) is 11.3 Å². The van der Waals surface area contributed by atoms with Gasteiger partial charge < -0.3 is 4.74 Å². The lowest BCUT2D eigenvalue weighted by Gasteiger charge is -2.10. The Morgan fingerprint density at radius 1 is 1.47 bits per heavy atom. The Labute approximate surface area is 103 Å². The summed E-state index contributed by atoms with van der Waals surface area (Å²) >= 11 is 9.20. The second-order valence-electron chi connectivity index (χ2n) is 2.97. The molecule has 0 saturated heterocycles. The highest BCUT2D eigenvalue weighted by atomic mass is 79.9. The number of ether oxygens (including phenoxy) is 1. The minimum atomic E-state index is 0.424. The molecule has 80 valence electrons. The first kappa shape index (κ1) is 12.4. The molecular formula is C11H11BrClNO. The molecular weight excluding hydrogens is 277 g/mol. The third kappa shape index (κ3) is 3.73. The van der Waals surface area contributed by atoms with E-state index in [1.807, 2.05) is 18.2 Å². The minimum absolute atomic E-state index is 0.424. The number of hydrogen-bond acceptors (Lipinski definition) is 2. The molecule has 0 aromatic heterocycles. The van der Waals surface area contributed by atoms with Crippen molar-refractivity contribution in [1.82, 2.24) is 0 Å². The van der Waals surface area contributed by atoms with Gasteiger partial charge in [0.25, 0.3) is 0 Å². The minimum Gasteiger partial charge on any atom is -0.492 e. The van der Waals surface area contributed by atoms with Crippen LogP contribution in [-0.4, -0.2) is 6.61 Å². The first-order valence-electron chi connectivity index (χ1n) is 4.62. The fraction of sp³-hybridized carbons (Fsp3) is 0.364. The third-order valence-electron chi connectivity index (χ3n) is 1.87. The molecule has 1 aromatic carbocycles. The van der Waals surface area contributed by atoms with Crippen LogP contribution in [0.1, 0.15) is 18.4 Å². The van der Waals surface area contributed by atoms with Crippen molar-refractivity contribution < 1.29 is 4.74 Å². The molecule has 0 N–H and O–H groups in total. The quantitative estimate of drug-likeness (QED) is 0.608. The van der Waals surface area contributed by atoms with Crippen LogP contribution in [0.2, 0.25) is 0 Å². The van der Waals surface area contributed by atoms with E-state index in [0.29, 0.717) is 18.9 Å². The summed E-state index contributed by atoms with van der Waals surface area (Å²) in [6, 6.07) is 7.84. The molecule has 0 atom stereocenters. The highest BCUT2D eigenvalue weighted by Gasteiger charge is 2.06.